The molecule has 1 aromatic heterocycles. The summed E-state index contributed by atoms with van der Waals surface area (Å²) < 4.78 is 0. The molecule has 0 aromatic carbocycles. The Morgan fingerprint density at radius 2 is 1.93 bits per heavy atom. The third-order valence-electron chi connectivity index (χ3n) is 4.85. The largest absolute Gasteiger partial charge is 0.480 e. The lowest BCUT2D eigenvalue weighted by atomic mass is 9.73. The highest BCUT2D eigenvalue weighted by Gasteiger charge is 2.35. The Morgan fingerprint density at radius 3 is 2.38 bits per heavy atom. The first kappa shape index (κ1) is 25.6. The van der Waals surface area contributed by atoms with Crippen molar-refractivity contribution in [3.8, 4) is 0 Å². The van der Waals surface area contributed by atoms with Gasteiger partial charge in [0.25, 0.3) is 0 Å². The van der Waals surface area contributed by atoms with E-state index in [1.54, 1.807) is 24.4 Å². The van der Waals surface area contributed by atoms with Crippen molar-refractivity contribution in [2.45, 2.75) is 69.8 Å². The molecule has 1 heterocycles. The smallest absolute Gasteiger partial charge is 0.322 e. The quantitative estimate of drug-likeness (QED) is 0.531. The molecule has 1 unspecified atom stereocenters. The summed E-state index contributed by atoms with van der Waals surface area (Å²) in [4.78, 5) is 33.9. The number of nitrogens with one attached hydrogen (secondary N) is 1. The van der Waals surface area contributed by atoms with E-state index in [9.17, 15) is 24.6 Å². The number of thioether (sulfide) groups is 1. The van der Waals surface area contributed by atoms with Crippen LogP contribution in [0.5, 0.6) is 0 Å². The Labute approximate surface area is 179 Å². The summed E-state index contributed by atoms with van der Waals surface area (Å²) in [6.07, 6.45) is 3.52. The lowest BCUT2D eigenvalue weighted by Crippen LogP contribution is -2.39. The Balaban J connectivity index is 0.000000308. The van der Waals surface area contributed by atoms with Crippen LogP contribution < -0.4 is 5.32 Å². The molecular formula is C20H31NO6S2. The number of thiophene rings is 1. The van der Waals surface area contributed by atoms with Crippen molar-refractivity contribution in [1.29, 1.82) is 0 Å². The van der Waals surface area contributed by atoms with Crippen LogP contribution in [-0.2, 0) is 9.59 Å². The summed E-state index contributed by atoms with van der Waals surface area (Å²) in [6.45, 7) is 6.73. The average molecular weight is 446 g/mol. The van der Waals surface area contributed by atoms with Crippen LogP contribution in [0.4, 0.5) is 0 Å². The summed E-state index contributed by atoms with van der Waals surface area (Å²) in [5.41, 5.74) is -1.06. The van der Waals surface area contributed by atoms with Gasteiger partial charge < -0.3 is 20.6 Å². The Morgan fingerprint density at radius 1 is 1.34 bits per heavy atom. The second-order valence-corrected chi connectivity index (χ2v) is 10.3. The first-order valence-electron chi connectivity index (χ1n) is 9.50. The molecule has 7 nitrogen and oxygen atoms in total. The third kappa shape index (κ3) is 9.75. The molecule has 4 N–H and O–H groups in total. The number of aliphatic hydroxyl groups is 2. The summed E-state index contributed by atoms with van der Waals surface area (Å²) in [7, 11) is 0. The molecule has 1 aliphatic rings. The van der Waals surface area contributed by atoms with Gasteiger partial charge in [0.15, 0.2) is 0 Å². The predicted octanol–water partition coefficient (Wildman–Crippen LogP) is 2.91. The van der Waals surface area contributed by atoms with E-state index in [2.05, 4.69) is 5.32 Å². The molecular weight excluding hydrogens is 414 g/mol. The minimum absolute atomic E-state index is 0.182. The maximum atomic E-state index is 11.6. The predicted molar refractivity (Wildman–Crippen MR) is 115 cm³/mol. The molecule has 164 valence electrons. The van der Waals surface area contributed by atoms with E-state index in [-0.39, 0.29) is 5.12 Å². The van der Waals surface area contributed by atoms with Gasteiger partial charge in [0.2, 0.25) is 11.0 Å². The zero-order valence-electron chi connectivity index (χ0n) is 17.3. The molecule has 9 heteroatoms. The van der Waals surface area contributed by atoms with E-state index < -0.39 is 34.9 Å². The lowest BCUT2D eigenvalue weighted by Gasteiger charge is -2.38. The summed E-state index contributed by atoms with van der Waals surface area (Å²) >= 11 is 2.19. The summed E-state index contributed by atoms with van der Waals surface area (Å²) in [5, 5.41) is 31.0. The minimum Gasteiger partial charge on any atom is -0.480 e. The highest BCUT2D eigenvalue weighted by Crippen LogP contribution is 2.37. The molecule has 1 aliphatic carbocycles. The Bertz CT molecular complexity index is 672. The fourth-order valence-corrected chi connectivity index (χ4v) is 4.46. The SMILES string of the molecule is CC(SC(=O)c1cccs1)C(=O)NCC(=O)O.CC1(O)CCC(C(C)(C)O)CC1. The second-order valence-electron chi connectivity index (χ2n) is 8.06. The van der Waals surface area contributed by atoms with Crippen LogP contribution in [0.15, 0.2) is 17.5 Å². The topological polar surface area (TPSA) is 124 Å². The molecule has 0 aliphatic heterocycles. The fourth-order valence-electron chi connectivity index (χ4n) is 2.92. The molecule has 1 amide bonds. The van der Waals surface area contributed by atoms with Gasteiger partial charge in [-0.2, -0.15) is 0 Å². The molecule has 1 saturated carbocycles. The fraction of sp³-hybridized carbons (Fsp3) is 0.650. The van der Waals surface area contributed by atoms with Gasteiger partial charge in [-0.3, -0.25) is 14.4 Å². The number of hydrogen-bond acceptors (Lipinski definition) is 7. The number of carbonyl (C=O) groups excluding carboxylic acids is 2. The first-order chi connectivity index (χ1) is 13.3. The van der Waals surface area contributed by atoms with E-state index in [4.69, 9.17) is 5.11 Å². The van der Waals surface area contributed by atoms with Gasteiger partial charge in [-0.25, -0.2) is 0 Å². The normalized spacial score (nSPS) is 22.8. The molecule has 0 radical (unpaired) electrons. The monoisotopic (exact) mass is 445 g/mol. The molecule has 1 atom stereocenters. The number of aliphatic carboxylic acids is 1. The lowest BCUT2D eigenvalue weighted by molar-refractivity contribution is -0.137. The summed E-state index contributed by atoms with van der Waals surface area (Å²) in [5.74, 6) is -1.21. The molecule has 0 bridgehead atoms. The van der Waals surface area contributed by atoms with Crippen molar-refractivity contribution in [3.05, 3.63) is 22.4 Å². The van der Waals surface area contributed by atoms with Gasteiger partial charge in [-0.05, 0) is 70.7 Å². The van der Waals surface area contributed by atoms with Crippen LogP contribution in [-0.4, -0.2) is 55.3 Å². The molecule has 0 spiro atoms. The van der Waals surface area contributed by atoms with Gasteiger partial charge in [0, 0.05) is 0 Å². The van der Waals surface area contributed by atoms with E-state index in [0.717, 1.165) is 37.4 Å². The van der Waals surface area contributed by atoms with Crippen molar-refractivity contribution < 1.29 is 29.7 Å². The van der Waals surface area contributed by atoms with Crippen LogP contribution >= 0.6 is 23.1 Å². The van der Waals surface area contributed by atoms with Crippen LogP contribution in [0.1, 0.15) is 63.0 Å². The third-order valence-corrected chi connectivity index (χ3v) is 6.85. The van der Waals surface area contributed by atoms with Gasteiger partial charge >= 0.3 is 5.97 Å². The number of carboxylic acids is 1. The molecule has 0 saturated heterocycles. The van der Waals surface area contributed by atoms with Crippen LogP contribution in [0.25, 0.3) is 0 Å². The van der Waals surface area contributed by atoms with Gasteiger partial charge in [-0.15, -0.1) is 11.3 Å². The molecule has 2 rings (SSSR count). The zero-order valence-corrected chi connectivity index (χ0v) is 18.9. The highest BCUT2D eigenvalue weighted by molar-refractivity contribution is 8.15. The molecule has 29 heavy (non-hydrogen) atoms. The van der Waals surface area contributed by atoms with E-state index in [1.807, 2.05) is 20.8 Å². The van der Waals surface area contributed by atoms with E-state index >= 15 is 0 Å². The van der Waals surface area contributed by atoms with Gasteiger partial charge in [-0.1, -0.05) is 17.8 Å². The standard InChI is InChI=1S/C10H11NO4S2.C10H20O2/c1-6(9(14)11-5-8(12)13)17-10(15)7-3-2-4-16-7;1-9(2,11)8-4-6-10(3,12)7-5-8/h2-4,6H,5H2,1H3,(H,11,14)(H,12,13);8,11-12H,4-7H2,1-3H3. The second kappa shape index (κ2) is 11.1. The number of carbonyl (C=O) groups is 3. The van der Waals surface area contributed by atoms with E-state index in [1.165, 1.54) is 11.3 Å². The van der Waals surface area contributed by atoms with Crippen LogP contribution in [0.3, 0.4) is 0 Å². The highest BCUT2D eigenvalue weighted by atomic mass is 32.2. The van der Waals surface area contributed by atoms with Gasteiger partial charge in [0.1, 0.15) is 6.54 Å². The van der Waals surface area contributed by atoms with Crippen molar-refractivity contribution in [2.24, 2.45) is 5.92 Å². The molecule has 1 aromatic rings. The maximum absolute atomic E-state index is 11.6. The number of hydrogen-bond donors (Lipinski definition) is 4. The number of carboxylic acid groups (broad SMARTS) is 1. The average Bonchev–Trinajstić information content (AvgIpc) is 3.13. The Hall–Kier alpha value is -1.42. The van der Waals surface area contributed by atoms with Crippen LogP contribution in [0, 0.1) is 5.92 Å². The van der Waals surface area contributed by atoms with Crippen molar-refractivity contribution >= 4 is 40.1 Å². The van der Waals surface area contributed by atoms with Crippen molar-refractivity contribution in [1.82, 2.24) is 5.32 Å². The van der Waals surface area contributed by atoms with E-state index in [0.29, 0.717) is 10.8 Å². The Kier molecular flexibility index (Phi) is 9.81. The maximum Gasteiger partial charge on any atom is 0.322 e. The first-order valence-corrected chi connectivity index (χ1v) is 11.3. The number of rotatable bonds is 6. The molecule has 1 fully saturated rings. The van der Waals surface area contributed by atoms with Crippen molar-refractivity contribution in [2.75, 3.05) is 6.54 Å². The van der Waals surface area contributed by atoms with Crippen LogP contribution in [0.2, 0.25) is 0 Å². The van der Waals surface area contributed by atoms with Gasteiger partial charge in [0.05, 0.1) is 21.3 Å². The number of amides is 1. The van der Waals surface area contributed by atoms with Crippen molar-refractivity contribution in [3.63, 3.8) is 0 Å². The zero-order chi connectivity index (χ0) is 22.2. The summed E-state index contributed by atoms with van der Waals surface area (Å²) in [6, 6.07) is 3.44. The minimum atomic E-state index is -1.11.